The molecular formula is C21H17N3O4. The van der Waals surface area contributed by atoms with Crippen LogP contribution in [-0.2, 0) is 0 Å². The number of ether oxygens (including phenoxy) is 2. The number of hydrogen-bond acceptors (Lipinski definition) is 6. The summed E-state index contributed by atoms with van der Waals surface area (Å²) >= 11 is 0. The molecule has 0 N–H and O–H groups in total. The van der Waals surface area contributed by atoms with Crippen LogP contribution in [0.5, 0.6) is 11.5 Å². The van der Waals surface area contributed by atoms with Gasteiger partial charge in [-0.15, -0.1) is 0 Å². The summed E-state index contributed by atoms with van der Waals surface area (Å²) in [5.74, 6) is 1.85. The Morgan fingerprint density at radius 3 is 2.64 bits per heavy atom. The molecular weight excluding hydrogens is 358 g/mol. The summed E-state index contributed by atoms with van der Waals surface area (Å²) in [7, 11) is 3.11. The topological polar surface area (TPSA) is 78.9 Å². The third-order valence-corrected chi connectivity index (χ3v) is 4.24. The van der Waals surface area contributed by atoms with E-state index in [0.29, 0.717) is 39.6 Å². The Morgan fingerprint density at radius 1 is 1.04 bits per heavy atom. The molecule has 0 unspecified atom stereocenters. The lowest BCUT2D eigenvalue weighted by Crippen LogP contribution is -2.20. The molecule has 0 aliphatic rings. The first-order chi connectivity index (χ1) is 13.7. The molecule has 0 aliphatic carbocycles. The Labute approximate surface area is 160 Å². The maximum Gasteiger partial charge on any atom is 0.282 e. The average Bonchev–Trinajstić information content (AvgIpc) is 3.27. The second-order valence-corrected chi connectivity index (χ2v) is 5.87. The van der Waals surface area contributed by atoms with Crippen molar-refractivity contribution in [1.29, 1.82) is 0 Å². The van der Waals surface area contributed by atoms with Gasteiger partial charge in [0, 0.05) is 5.56 Å². The predicted molar refractivity (Wildman–Crippen MR) is 106 cm³/mol. The molecule has 0 saturated carbocycles. The van der Waals surface area contributed by atoms with Crippen molar-refractivity contribution < 1.29 is 13.9 Å². The predicted octanol–water partition coefficient (Wildman–Crippen LogP) is 3.56. The van der Waals surface area contributed by atoms with Crippen molar-refractivity contribution >= 4 is 17.1 Å². The summed E-state index contributed by atoms with van der Waals surface area (Å²) in [4.78, 5) is 17.6. The molecule has 28 heavy (non-hydrogen) atoms. The molecule has 2 heterocycles. The van der Waals surface area contributed by atoms with Gasteiger partial charge in [-0.2, -0.15) is 9.78 Å². The smallest absolute Gasteiger partial charge is 0.282 e. The molecule has 0 saturated heterocycles. The zero-order chi connectivity index (χ0) is 19.5. The highest BCUT2D eigenvalue weighted by Gasteiger charge is 2.15. The van der Waals surface area contributed by atoms with Crippen LogP contribution in [0.25, 0.3) is 22.5 Å². The van der Waals surface area contributed by atoms with Crippen molar-refractivity contribution in [1.82, 2.24) is 9.66 Å². The summed E-state index contributed by atoms with van der Waals surface area (Å²) in [5, 5.41) is 4.85. The van der Waals surface area contributed by atoms with Gasteiger partial charge < -0.3 is 13.9 Å². The Morgan fingerprint density at radius 2 is 1.89 bits per heavy atom. The number of rotatable bonds is 5. The Kier molecular flexibility index (Phi) is 4.63. The first-order valence-corrected chi connectivity index (χ1v) is 8.54. The second kappa shape index (κ2) is 7.40. The number of nitrogens with zero attached hydrogens (tertiary/aromatic N) is 3. The molecule has 7 heteroatoms. The van der Waals surface area contributed by atoms with Crippen LogP contribution in [0.15, 0.2) is 75.2 Å². The minimum Gasteiger partial charge on any atom is -0.493 e. The summed E-state index contributed by atoms with van der Waals surface area (Å²) in [6.07, 6.45) is 3.06. The average molecular weight is 375 g/mol. The van der Waals surface area contributed by atoms with Crippen molar-refractivity contribution in [3.63, 3.8) is 0 Å². The van der Waals surface area contributed by atoms with Crippen LogP contribution in [0.4, 0.5) is 0 Å². The standard InChI is InChI=1S/C21H17N3O4/c1-26-17-10-5-7-14(19(17)27-2)13-22-24-20(18-11-6-12-28-18)23-16-9-4-3-8-15(16)21(24)25/h3-13H,1-2H3/b22-13-. The van der Waals surface area contributed by atoms with E-state index in [9.17, 15) is 4.79 Å². The fourth-order valence-electron chi connectivity index (χ4n) is 2.93. The van der Waals surface area contributed by atoms with Gasteiger partial charge in [0.2, 0.25) is 5.82 Å². The summed E-state index contributed by atoms with van der Waals surface area (Å²) in [6.45, 7) is 0. The molecule has 4 rings (SSSR count). The van der Waals surface area contributed by atoms with Crippen molar-refractivity contribution in [3.8, 4) is 23.1 Å². The number of para-hydroxylation sites is 2. The molecule has 0 spiro atoms. The van der Waals surface area contributed by atoms with Crippen LogP contribution >= 0.6 is 0 Å². The van der Waals surface area contributed by atoms with Gasteiger partial charge in [-0.3, -0.25) is 4.79 Å². The number of methoxy groups -OCH3 is 2. The zero-order valence-corrected chi connectivity index (χ0v) is 15.3. The van der Waals surface area contributed by atoms with E-state index in [0.717, 1.165) is 0 Å². The van der Waals surface area contributed by atoms with Crippen molar-refractivity contribution in [2.75, 3.05) is 14.2 Å². The molecule has 4 aromatic rings. The quantitative estimate of drug-likeness (QED) is 0.499. The molecule has 2 aromatic heterocycles. The summed E-state index contributed by atoms with van der Waals surface area (Å²) in [5.41, 5.74) is 0.937. The van der Waals surface area contributed by atoms with Crippen molar-refractivity contribution in [2.24, 2.45) is 5.10 Å². The summed E-state index contributed by atoms with van der Waals surface area (Å²) in [6, 6.07) is 16.0. The first-order valence-electron chi connectivity index (χ1n) is 8.54. The van der Waals surface area contributed by atoms with Gasteiger partial charge in [0.15, 0.2) is 17.3 Å². The first kappa shape index (κ1) is 17.5. The van der Waals surface area contributed by atoms with Gasteiger partial charge in [-0.25, -0.2) is 4.98 Å². The largest absolute Gasteiger partial charge is 0.493 e. The van der Waals surface area contributed by atoms with Crippen LogP contribution in [0, 0.1) is 0 Å². The van der Waals surface area contributed by atoms with Crippen LogP contribution in [0.3, 0.4) is 0 Å². The van der Waals surface area contributed by atoms with Crippen LogP contribution in [0.2, 0.25) is 0 Å². The summed E-state index contributed by atoms with van der Waals surface area (Å²) < 4.78 is 17.4. The molecule has 0 aliphatic heterocycles. The van der Waals surface area contributed by atoms with E-state index < -0.39 is 0 Å². The Bertz CT molecular complexity index is 1210. The highest BCUT2D eigenvalue weighted by atomic mass is 16.5. The SMILES string of the molecule is COc1cccc(/C=N\n2c(-c3ccco3)nc3ccccc3c2=O)c1OC. The molecule has 0 fully saturated rings. The lowest BCUT2D eigenvalue weighted by molar-refractivity contribution is 0.354. The van der Waals surface area contributed by atoms with Crippen LogP contribution < -0.4 is 15.0 Å². The van der Waals surface area contributed by atoms with Gasteiger partial charge >= 0.3 is 0 Å². The van der Waals surface area contributed by atoms with E-state index in [4.69, 9.17) is 13.9 Å². The zero-order valence-electron chi connectivity index (χ0n) is 15.3. The third kappa shape index (κ3) is 3.03. The molecule has 0 atom stereocenters. The van der Waals surface area contributed by atoms with Crippen LogP contribution in [0.1, 0.15) is 5.56 Å². The molecule has 2 aromatic carbocycles. The fraction of sp³-hybridized carbons (Fsp3) is 0.0952. The Hall–Kier alpha value is -3.87. The van der Waals surface area contributed by atoms with Gasteiger partial charge in [0.1, 0.15) is 0 Å². The maximum atomic E-state index is 13.1. The van der Waals surface area contributed by atoms with E-state index >= 15 is 0 Å². The number of furan rings is 1. The van der Waals surface area contributed by atoms with E-state index in [1.54, 1.807) is 50.6 Å². The van der Waals surface area contributed by atoms with Gasteiger partial charge in [0.25, 0.3) is 5.56 Å². The fourth-order valence-corrected chi connectivity index (χ4v) is 2.93. The van der Waals surface area contributed by atoms with E-state index in [1.165, 1.54) is 17.2 Å². The van der Waals surface area contributed by atoms with Crippen molar-refractivity contribution in [2.45, 2.75) is 0 Å². The molecule has 7 nitrogen and oxygen atoms in total. The normalized spacial score (nSPS) is 11.2. The monoisotopic (exact) mass is 375 g/mol. The number of fused-ring (bicyclic) bond motifs is 1. The molecule has 0 radical (unpaired) electrons. The Balaban J connectivity index is 1.92. The molecule has 0 bridgehead atoms. The van der Waals surface area contributed by atoms with Gasteiger partial charge in [0.05, 0.1) is 37.6 Å². The van der Waals surface area contributed by atoms with Crippen molar-refractivity contribution in [3.05, 3.63) is 76.8 Å². The lowest BCUT2D eigenvalue weighted by Gasteiger charge is -2.10. The van der Waals surface area contributed by atoms with Gasteiger partial charge in [-0.1, -0.05) is 18.2 Å². The molecule has 0 amide bonds. The number of benzene rings is 2. The maximum absolute atomic E-state index is 13.1. The number of hydrogen-bond donors (Lipinski definition) is 0. The van der Waals surface area contributed by atoms with E-state index in [1.807, 2.05) is 18.2 Å². The lowest BCUT2D eigenvalue weighted by atomic mass is 10.2. The highest BCUT2D eigenvalue weighted by Crippen LogP contribution is 2.29. The molecule has 140 valence electrons. The van der Waals surface area contributed by atoms with Crippen LogP contribution in [-0.4, -0.2) is 30.1 Å². The van der Waals surface area contributed by atoms with E-state index in [-0.39, 0.29) is 5.56 Å². The minimum absolute atomic E-state index is 0.296. The second-order valence-electron chi connectivity index (χ2n) is 5.87. The van der Waals surface area contributed by atoms with E-state index in [2.05, 4.69) is 10.1 Å². The number of aromatic nitrogens is 2. The minimum atomic E-state index is -0.296. The third-order valence-electron chi connectivity index (χ3n) is 4.24. The highest BCUT2D eigenvalue weighted by molar-refractivity contribution is 5.85. The van der Waals surface area contributed by atoms with Gasteiger partial charge in [-0.05, 0) is 36.4 Å².